The van der Waals surface area contributed by atoms with Crippen molar-refractivity contribution in [3.63, 3.8) is 0 Å². The van der Waals surface area contributed by atoms with E-state index >= 15 is 0 Å². The third kappa shape index (κ3) is 283. The van der Waals surface area contributed by atoms with Gasteiger partial charge in [-0.1, -0.05) is 0 Å². The molecule has 0 saturated heterocycles. The van der Waals surface area contributed by atoms with Crippen molar-refractivity contribution in [1.29, 1.82) is 0 Å². The summed E-state index contributed by atoms with van der Waals surface area (Å²) in [7, 11) is 4.75. The number of hydrogen-bond acceptors (Lipinski definition) is 2. The molecular weight excluding hydrogens is 156 g/mol. The van der Waals surface area contributed by atoms with Gasteiger partial charge in [-0.2, -0.15) is 0 Å². The van der Waals surface area contributed by atoms with Crippen LogP contribution in [-0.2, 0) is 17.1 Å². The molecule has 0 aliphatic rings. The summed E-state index contributed by atoms with van der Waals surface area (Å²) < 4.78 is 0. The van der Waals surface area contributed by atoms with Gasteiger partial charge in [0.1, 0.15) is 0 Å². The molecule has 0 saturated carbocycles. The summed E-state index contributed by atoms with van der Waals surface area (Å²) in [4.78, 5) is 0. The zero-order valence-electron chi connectivity index (χ0n) is 4.73. The Balaban J connectivity index is -0.0000000105. The van der Waals surface area contributed by atoms with Crippen LogP contribution in [0.25, 0.3) is 0 Å². The van der Waals surface area contributed by atoms with Crippen molar-refractivity contribution in [2.24, 2.45) is 0 Å². The molecule has 0 aromatic rings. The summed E-state index contributed by atoms with van der Waals surface area (Å²) in [6.45, 7) is 0. The summed E-state index contributed by atoms with van der Waals surface area (Å²) in [5, 5.41) is 9.75. The molecule has 4 heteroatoms. The van der Waals surface area contributed by atoms with Crippen molar-refractivity contribution in [3.05, 3.63) is 0 Å². The van der Waals surface area contributed by atoms with Gasteiger partial charge in [0.25, 0.3) is 0 Å². The summed E-state index contributed by atoms with van der Waals surface area (Å²) in [6, 6.07) is 0. The van der Waals surface area contributed by atoms with Gasteiger partial charge in [-0.05, 0) is 14.1 Å². The number of aliphatic hydroxyl groups is 1. The average molecular weight is 169 g/mol. The minimum atomic E-state index is 0. The molecule has 0 unspecified atom stereocenters. The molecule has 0 heterocycles. The number of rotatable bonds is 0. The first-order chi connectivity index (χ1) is 2.41. The molecule has 0 aromatic heterocycles. The number of nitrogens with one attached hydrogen (secondary N) is 1. The molecule has 2 nitrogen and oxygen atoms in total. The molecule has 7 heavy (non-hydrogen) atoms. The zero-order chi connectivity index (χ0) is 4.71. The standard InChI is InChI=1S/C2H7N.CH4O.ClH.Mn/c1-3-2;1-2;;/h3H,1-2H3;2H,1H3;1H;. The van der Waals surface area contributed by atoms with Crippen molar-refractivity contribution in [1.82, 2.24) is 5.32 Å². The summed E-state index contributed by atoms with van der Waals surface area (Å²) >= 11 is 0. The molecule has 0 aliphatic carbocycles. The molecular formula is C3H12ClMnNO. The van der Waals surface area contributed by atoms with E-state index in [-0.39, 0.29) is 29.5 Å². The molecule has 0 spiro atoms. The minimum Gasteiger partial charge on any atom is -0.400 e. The van der Waals surface area contributed by atoms with Gasteiger partial charge >= 0.3 is 0 Å². The van der Waals surface area contributed by atoms with E-state index in [1.54, 1.807) is 0 Å². The summed E-state index contributed by atoms with van der Waals surface area (Å²) in [5.74, 6) is 0. The second kappa shape index (κ2) is 73.9. The van der Waals surface area contributed by atoms with Crippen LogP contribution in [0.4, 0.5) is 0 Å². The molecule has 0 rings (SSSR count). The van der Waals surface area contributed by atoms with Crippen LogP contribution in [0.1, 0.15) is 0 Å². The van der Waals surface area contributed by atoms with Crippen molar-refractivity contribution in [2.45, 2.75) is 0 Å². The Kier molecular flexibility index (Phi) is 266. The van der Waals surface area contributed by atoms with Gasteiger partial charge < -0.3 is 10.4 Å². The van der Waals surface area contributed by atoms with Crippen molar-refractivity contribution in [3.8, 4) is 0 Å². The van der Waals surface area contributed by atoms with Gasteiger partial charge in [0.2, 0.25) is 0 Å². The van der Waals surface area contributed by atoms with Crippen molar-refractivity contribution < 1.29 is 22.2 Å². The Morgan fingerprint density at radius 1 is 1.14 bits per heavy atom. The fraction of sp³-hybridized carbons (Fsp3) is 1.00. The molecule has 0 aromatic carbocycles. The topological polar surface area (TPSA) is 32.3 Å². The Labute approximate surface area is 61.6 Å². The normalized spacial score (nSPS) is 3.43. The van der Waals surface area contributed by atoms with Gasteiger partial charge in [0, 0.05) is 24.2 Å². The number of halogens is 1. The Morgan fingerprint density at radius 2 is 1.14 bits per heavy atom. The van der Waals surface area contributed by atoms with E-state index in [4.69, 9.17) is 5.11 Å². The van der Waals surface area contributed by atoms with Crippen molar-refractivity contribution in [2.75, 3.05) is 21.2 Å². The summed E-state index contributed by atoms with van der Waals surface area (Å²) in [6.07, 6.45) is 0. The van der Waals surface area contributed by atoms with Crippen LogP contribution in [0.15, 0.2) is 0 Å². The Hall–Kier alpha value is 0.729. The SMILES string of the molecule is CNC.CO.Cl.[Mn]. The second-order valence-electron chi connectivity index (χ2n) is 0.500. The predicted octanol–water partition coefficient (Wildman–Crippen LogP) is -0.137. The first-order valence-electron chi connectivity index (χ1n) is 1.45. The van der Waals surface area contributed by atoms with Gasteiger partial charge in [-0.25, -0.2) is 0 Å². The molecule has 0 fully saturated rings. The molecule has 0 amide bonds. The van der Waals surface area contributed by atoms with E-state index in [0.29, 0.717) is 0 Å². The van der Waals surface area contributed by atoms with Crippen LogP contribution in [0.2, 0.25) is 0 Å². The molecule has 0 bridgehead atoms. The van der Waals surface area contributed by atoms with Crippen LogP contribution in [0, 0.1) is 0 Å². The summed E-state index contributed by atoms with van der Waals surface area (Å²) in [5.41, 5.74) is 0. The van der Waals surface area contributed by atoms with Gasteiger partial charge in [0.15, 0.2) is 0 Å². The van der Waals surface area contributed by atoms with E-state index in [0.717, 1.165) is 7.11 Å². The predicted molar refractivity (Wildman–Crippen MR) is 30.4 cm³/mol. The van der Waals surface area contributed by atoms with E-state index in [1.165, 1.54) is 0 Å². The minimum absolute atomic E-state index is 0. The van der Waals surface area contributed by atoms with Crippen LogP contribution < -0.4 is 5.32 Å². The van der Waals surface area contributed by atoms with Crippen LogP contribution in [-0.4, -0.2) is 26.3 Å². The van der Waals surface area contributed by atoms with Gasteiger partial charge in [-0.3, -0.25) is 0 Å². The fourth-order valence-electron chi connectivity index (χ4n) is 0. The van der Waals surface area contributed by atoms with E-state index in [2.05, 4.69) is 5.32 Å². The maximum absolute atomic E-state index is 7.00. The number of hydrogen-bond donors (Lipinski definition) is 2. The van der Waals surface area contributed by atoms with Crippen LogP contribution in [0.5, 0.6) is 0 Å². The maximum atomic E-state index is 7.00. The van der Waals surface area contributed by atoms with Gasteiger partial charge in [0.05, 0.1) is 0 Å². The van der Waals surface area contributed by atoms with Crippen LogP contribution in [0.3, 0.4) is 0 Å². The Morgan fingerprint density at radius 3 is 1.14 bits per heavy atom. The molecule has 2 N–H and O–H groups in total. The monoisotopic (exact) mass is 168 g/mol. The Bertz CT molecular complexity index is 14.9. The maximum Gasteiger partial charge on any atom is 0.0319 e. The third-order valence-corrected chi connectivity index (χ3v) is 0. The first-order valence-corrected chi connectivity index (χ1v) is 1.45. The first kappa shape index (κ1) is 25.2. The molecule has 0 atom stereocenters. The van der Waals surface area contributed by atoms with Crippen molar-refractivity contribution >= 4 is 12.4 Å². The number of aliphatic hydroxyl groups excluding tert-OH is 1. The average Bonchev–Trinajstić information content (AvgIpc) is 1.46. The smallest absolute Gasteiger partial charge is 0.0319 e. The van der Waals surface area contributed by atoms with E-state index < -0.39 is 0 Å². The van der Waals surface area contributed by atoms with E-state index in [1.807, 2.05) is 14.1 Å². The fourth-order valence-corrected chi connectivity index (χ4v) is 0. The van der Waals surface area contributed by atoms with Crippen LogP contribution >= 0.6 is 12.4 Å². The third-order valence-electron chi connectivity index (χ3n) is 0. The van der Waals surface area contributed by atoms with Gasteiger partial charge in [-0.15, -0.1) is 12.4 Å². The molecule has 1 radical (unpaired) electrons. The molecule has 0 aliphatic heterocycles. The zero-order valence-corrected chi connectivity index (χ0v) is 6.73. The molecule has 49 valence electrons. The quantitative estimate of drug-likeness (QED) is 0.494. The van der Waals surface area contributed by atoms with E-state index in [9.17, 15) is 0 Å². The largest absolute Gasteiger partial charge is 0.400 e. The second-order valence-corrected chi connectivity index (χ2v) is 0.500.